The van der Waals surface area contributed by atoms with Crippen molar-refractivity contribution in [3.05, 3.63) is 65.4 Å². The molecule has 0 radical (unpaired) electrons. The second-order valence-corrected chi connectivity index (χ2v) is 10.7. The van der Waals surface area contributed by atoms with Gasteiger partial charge in [0, 0.05) is 67.0 Å². The van der Waals surface area contributed by atoms with Crippen LogP contribution in [0.2, 0.25) is 0 Å². The number of aryl methyl sites for hydroxylation is 1. The average Bonchev–Trinajstić information content (AvgIpc) is 3.35. The number of methoxy groups -OCH3 is 1. The van der Waals surface area contributed by atoms with Gasteiger partial charge in [0.1, 0.15) is 5.75 Å². The van der Waals surface area contributed by atoms with Crippen LogP contribution in [-0.2, 0) is 17.6 Å². The lowest BCUT2D eigenvalue weighted by atomic mass is 9.97. The summed E-state index contributed by atoms with van der Waals surface area (Å²) in [7, 11) is 1.66. The Balaban J connectivity index is 1.06. The van der Waals surface area contributed by atoms with E-state index in [2.05, 4.69) is 34.3 Å². The van der Waals surface area contributed by atoms with Crippen LogP contribution in [0.25, 0.3) is 10.9 Å². The van der Waals surface area contributed by atoms with Crippen LogP contribution in [0.15, 0.2) is 48.7 Å². The molecule has 0 saturated carbocycles. The lowest BCUT2D eigenvalue weighted by molar-refractivity contribution is -0.132. The van der Waals surface area contributed by atoms with E-state index in [0.717, 1.165) is 92.5 Å². The van der Waals surface area contributed by atoms with Crippen molar-refractivity contribution in [2.24, 2.45) is 0 Å². The first kappa shape index (κ1) is 26.3. The molecule has 5 rings (SSSR count). The number of aromatic amines is 1. The van der Waals surface area contributed by atoms with Crippen LogP contribution in [0.5, 0.6) is 5.75 Å². The number of nitrogens with one attached hydrogen (secondary N) is 2. The lowest BCUT2D eigenvalue weighted by Gasteiger charge is -2.42. The molecule has 0 aliphatic carbocycles. The summed E-state index contributed by atoms with van der Waals surface area (Å²) >= 11 is 0. The highest BCUT2D eigenvalue weighted by Gasteiger charge is 2.30. The Labute approximate surface area is 225 Å². The van der Waals surface area contributed by atoms with E-state index in [0.29, 0.717) is 12.5 Å². The molecule has 0 unspecified atom stereocenters. The number of carbonyl (C=O) groups is 2. The van der Waals surface area contributed by atoms with Crippen molar-refractivity contribution in [2.45, 2.75) is 64.0 Å². The molecular formula is C31H40N4O3. The maximum atomic E-state index is 13.1. The molecule has 2 aromatic carbocycles. The number of nitrogens with zero attached hydrogens (tertiary/aromatic N) is 2. The first-order valence-electron chi connectivity index (χ1n) is 14.1. The van der Waals surface area contributed by atoms with Crippen LogP contribution in [0.1, 0.15) is 60.5 Å². The standard InChI is InChI=1S/C31H40N4O3/c1-3-4-22-5-7-23(8-6-22)31(37)33-25-11-15-34(16-12-25)26-13-17-35(18-14-26)30(36)19-24-21-32-29-20-27(38-2)9-10-28(24)29/h5-10,20-21,25-26,32H,3-4,11-19H2,1-2H3,(H,33,37). The van der Waals surface area contributed by atoms with Gasteiger partial charge in [0.2, 0.25) is 5.91 Å². The van der Waals surface area contributed by atoms with E-state index < -0.39 is 0 Å². The predicted molar refractivity (Wildman–Crippen MR) is 151 cm³/mol. The van der Waals surface area contributed by atoms with Crippen molar-refractivity contribution in [1.29, 1.82) is 0 Å². The lowest BCUT2D eigenvalue weighted by Crippen LogP contribution is -2.51. The fourth-order valence-corrected chi connectivity index (χ4v) is 5.98. The van der Waals surface area contributed by atoms with Gasteiger partial charge >= 0.3 is 0 Å². The average molecular weight is 517 g/mol. The van der Waals surface area contributed by atoms with E-state index >= 15 is 0 Å². The van der Waals surface area contributed by atoms with Crippen molar-refractivity contribution >= 4 is 22.7 Å². The Bertz CT molecular complexity index is 1240. The number of rotatable bonds is 8. The zero-order chi connectivity index (χ0) is 26.5. The summed E-state index contributed by atoms with van der Waals surface area (Å²) in [6.07, 6.45) is 8.50. The molecule has 2 fully saturated rings. The Morgan fingerprint density at radius 1 is 1.00 bits per heavy atom. The third-order valence-electron chi connectivity index (χ3n) is 8.27. The summed E-state index contributed by atoms with van der Waals surface area (Å²) < 4.78 is 5.30. The number of benzene rings is 2. The molecule has 202 valence electrons. The monoisotopic (exact) mass is 516 g/mol. The van der Waals surface area contributed by atoms with Gasteiger partial charge in [-0.05, 0) is 67.5 Å². The number of hydrogen-bond acceptors (Lipinski definition) is 4. The molecule has 0 spiro atoms. The molecule has 3 aromatic rings. The number of hydrogen-bond donors (Lipinski definition) is 2. The van der Waals surface area contributed by atoms with Gasteiger partial charge < -0.3 is 24.8 Å². The third kappa shape index (κ3) is 6.04. The molecule has 2 aliphatic rings. The Kier molecular flexibility index (Phi) is 8.32. The molecule has 3 heterocycles. The minimum absolute atomic E-state index is 0.0349. The van der Waals surface area contributed by atoms with Gasteiger partial charge in [0.25, 0.3) is 5.91 Å². The van der Waals surface area contributed by atoms with Crippen molar-refractivity contribution in [2.75, 3.05) is 33.3 Å². The summed E-state index contributed by atoms with van der Waals surface area (Å²) in [5, 5.41) is 4.33. The summed E-state index contributed by atoms with van der Waals surface area (Å²) in [6.45, 7) is 5.78. The van der Waals surface area contributed by atoms with Gasteiger partial charge in [0.15, 0.2) is 0 Å². The van der Waals surface area contributed by atoms with Crippen LogP contribution < -0.4 is 10.1 Å². The second-order valence-electron chi connectivity index (χ2n) is 10.7. The number of carbonyl (C=O) groups excluding carboxylic acids is 2. The zero-order valence-corrected chi connectivity index (χ0v) is 22.7. The molecular weight excluding hydrogens is 476 g/mol. The van der Waals surface area contributed by atoms with Crippen LogP contribution >= 0.6 is 0 Å². The number of H-pyrrole nitrogens is 1. The number of ether oxygens (including phenoxy) is 1. The van der Waals surface area contributed by atoms with E-state index in [1.807, 2.05) is 41.4 Å². The smallest absolute Gasteiger partial charge is 0.251 e. The van der Waals surface area contributed by atoms with E-state index in [1.165, 1.54) is 5.56 Å². The van der Waals surface area contributed by atoms with Crippen LogP contribution in [0.4, 0.5) is 0 Å². The van der Waals surface area contributed by atoms with E-state index in [-0.39, 0.29) is 17.9 Å². The molecule has 1 aromatic heterocycles. The highest BCUT2D eigenvalue weighted by Crippen LogP contribution is 2.25. The number of amides is 2. The topological polar surface area (TPSA) is 77.7 Å². The van der Waals surface area contributed by atoms with Crippen LogP contribution in [0, 0.1) is 0 Å². The number of aromatic nitrogens is 1. The molecule has 7 heteroatoms. The van der Waals surface area contributed by atoms with Gasteiger partial charge in [-0.3, -0.25) is 9.59 Å². The van der Waals surface area contributed by atoms with E-state index in [1.54, 1.807) is 7.11 Å². The van der Waals surface area contributed by atoms with Gasteiger partial charge in [-0.2, -0.15) is 0 Å². The maximum Gasteiger partial charge on any atom is 0.251 e. The number of likely N-dealkylation sites (tertiary alicyclic amines) is 2. The van der Waals surface area contributed by atoms with Gasteiger partial charge in [-0.15, -0.1) is 0 Å². The highest BCUT2D eigenvalue weighted by atomic mass is 16.5. The number of fused-ring (bicyclic) bond motifs is 1. The normalized spacial score (nSPS) is 17.6. The van der Waals surface area contributed by atoms with Crippen molar-refractivity contribution in [3.63, 3.8) is 0 Å². The van der Waals surface area contributed by atoms with Crippen molar-refractivity contribution in [1.82, 2.24) is 20.1 Å². The maximum absolute atomic E-state index is 13.1. The largest absolute Gasteiger partial charge is 0.497 e. The molecule has 7 nitrogen and oxygen atoms in total. The Morgan fingerprint density at radius 2 is 1.74 bits per heavy atom. The SMILES string of the molecule is CCCc1ccc(C(=O)NC2CCN(C3CCN(C(=O)Cc4c[nH]c5cc(OC)ccc45)CC3)CC2)cc1. The molecule has 2 N–H and O–H groups in total. The summed E-state index contributed by atoms with van der Waals surface area (Å²) in [5.41, 5.74) is 4.06. The summed E-state index contributed by atoms with van der Waals surface area (Å²) in [6, 6.07) is 14.7. The molecule has 2 amide bonds. The number of piperidine rings is 2. The van der Waals surface area contributed by atoms with E-state index in [9.17, 15) is 9.59 Å². The second kappa shape index (κ2) is 12.0. The minimum atomic E-state index is 0.0349. The molecule has 0 atom stereocenters. The highest BCUT2D eigenvalue weighted by molar-refractivity contribution is 5.94. The molecule has 2 saturated heterocycles. The zero-order valence-electron chi connectivity index (χ0n) is 22.7. The molecule has 2 aliphatic heterocycles. The van der Waals surface area contributed by atoms with Crippen LogP contribution in [-0.4, -0.2) is 72.0 Å². The molecule has 38 heavy (non-hydrogen) atoms. The van der Waals surface area contributed by atoms with Gasteiger partial charge in [0.05, 0.1) is 13.5 Å². The Morgan fingerprint density at radius 3 is 2.42 bits per heavy atom. The first-order valence-corrected chi connectivity index (χ1v) is 14.1. The minimum Gasteiger partial charge on any atom is -0.497 e. The summed E-state index contributed by atoms with van der Waals surface area (Å²) in [4.78, 5) is 33.6. The van der Waals surface area contributed by atoms with Crippen molar-refractivity contribution < 1.29 is 14.3 Å². The predicted octanol–water partition coefficient (Wildman–Crippen LogP) is 4.56. The van der Waals surface area contributed by atoms with E-state index in [4.69, 9.17) is 4.74 Å². The van der Waals surface area contributed by atoms with Crippen molar-refractivity contribution in [3.8, 4) is 5.75 Å². The summed E-state index contributed by atoms with van der Waals surface area (Å²) in [5.74, 6) is 1.04. The molecule has 0 bridgehead atoms. The van der Waals surface area contributed by atoms with Gasteiger partial charge in [-0.1, -0.05) is 25.5 Å². The third-order valence-corrected chi connectivity index (χ3v) is 8.27. The fourth-order valence-electron chi connectivity index (χ4n) is 5.98. The quantitative estimate of drug-likeness (QED) is 0.460. The first-order chi connectivity index (χ1) is 18.5. The van der Waals surface area contributed by atoms with Gasteiger partial charge in [-0.25, -0.2) is 0 Å². The van der Waals surface area contributed by atoms with Crippen LogP contribution in [0.3, 0.4) is 0 Å². The fraction of sp³-hybridized carbons (Fsp3) is 0.484. The Hall–Kier alpha value is -3.32.